The Morgan fingerprint density at radius 2 is 2.25 bits per heavy atom. The third kappa shape index (κ3) is 0.873. The maximum absolute atomic E-state index is 5.15. The fraction of sp³-hybridized carbons (Fsp3) is 0.857. The summed E-state index contributed by atoms with van der Waals surface area (Å²) >= 11 is 0. The minimum Gasteiger partial charge on any atom is -0.375 e. The summed E-state index contributed by atoms with van der Waals surface area (Å²) in [6, 6.07) is 0. The van der Waals surface area contributed by atoms with Gasteiger partial charge in [0.2, 0.25) is 0 Å². The first kappa shape index (κ1) is 6.09. The van der Waals surface area contributed by atoms with Crippen LogP contribution in [0.5, 0.6) is 0 Å². The molecule has 0 spiro atoms. The Morgan fingerprint density at radius 1 is 1.62 bits per heavy atom. The highest BCUT2D eigenvalue weighted by Gasteiger charge is 2.32. The quantitative estimate of drug-likeness (QED) is 0.465. The SMILES string of the molecule is CC1CO[CH]C1(C)C. The fourth-order valence-corrected chi connectivity index (χ4v) is 0.738. The Balaban J connectivity index is 2.54. The highest BCUT2D eigenvalue weighted by Crippen LogP contribution is 2.35. The first-order chi connectivity index (χ1) is 3.63. The molecule has 1 aliphatic heterocycles. The summed E-state index contributed by atoms with van der Waals surface area (Å²) in [4.78, 5) is 0. The molecule has 1 saturated heterocycles. The molecule has 0 aromatic carbocycles. The van der Waals surface area contributed by atoms with Gasteiger partial charge in [0.05, 0.1) is 13.2 Å². The first-order valence-corrected chi connectivity index (χ1v) is 3.09. The third-order valence-corrected chi connectivity index (χ3v) is 2.00. The van der Waals surface area contributed by atoms with Crippen molar-refractivity contribution in [2.75, 3.05) is 6.61 Å². The molecule has 0 aliphatic carbocycles. The standard InChI is InChI=1S/C7H13O/c1-6-4-8-5-7(6,2)3/h5-6H,4H2,1-3H3. The minimum absolute atomic E-state index is 0.306. The van der Waals surface area contributed by atoms with Gasteiger partial charge in [-0.05, 0) is 11.3 Å². The molecule has 1 fully saturated rings. The van der Waals surface area contributed by atoms with Gasteiger partial charge in [-0.1, -0.05) is 20.8 Å². The summed E-state index contributed by atoms with van der Waals surface area (Å²) in [5.41, 5.74) is 0.306. The van der Waals surface area contributed by atoms with Crippen molar-refractivity contribution < 1.29 is 4.74 Å². The lowest BCUT2D eigenvalue weighted by molar-refractivity contribution is 0.234. The molecule has 0 saturated carbocycles. The van der Waals surface area contributed by atoms with E-state index in [0.29, 0.717) is 11.3 Å². The molecule has 0 aromatic heterocycles. The van der Waals surface area contributed by atoms with Crippen molar-refractivity contribution in [3.05, 3.63) is 6.61 Å². The van der Waals surface area contributed by atoms with E-state index in [9.17, 15) is 0 Å². The number of rotatable bonds is 0. The molecule has 0 amide bonds. The average molecular weight is 113 g/mol. The summed E-state index contributed by atoms with van der Waals surface area (Å²) in [5.74, 6) is 0.683. The van der Waals surface area contributed by atoms with Gasteiger partial charge in [-0.2, -0.15) is 0 Å². The van der Waals surface area contributed by atoms with Crippen LogP contribution in [0.25, 0.3) is 0 Å². The van der Waals surface area contributed by atoms with Crippen molar-refractivity contribution >= 4 is 0 Å². The summed E-state index contributed by atoms with van der Waals surface area (Å²) in [6.45, 7) is 9.45. The Morgan fingerprint density at radius 3 is 2.38 bits per heavy atom. The van der Waals surface area contributed by atoms with Gasteiger partial charge >= 0.3 is 0 Å². The van der Waals surface area contributed by atoms with Gasteiger partial charge < -0.3 is 4.74 Å². The maximum atomic E-state index is 5.15. The van der Waals surface area contributed by atoms with E-state index < -0.39 is 0 Å². The molecular formula is C7H13O. The second-order valence-corrected chi connectivity index (χ2v) is 3.17. The molecule has 1 nitrogen and oxygen atoms in total. The van der Waals surface area contributed by atoms with Crippen molar-refractivity contribution in [2.24, 2.45) is 11.3 Å². The zero-order valence-corrected chi connectivity index (χ0v) is 5.77. The van der Waals surface area contributed by atoms with E-state index >= 15 is 0 Å². The van der Waals surface area contributed by atoms with Crippen molar-refractivity contribution in [3.8, 4) is 0 Å². The largest absolute Gasteiger partial charge is 0.375 e. The lowest BCUT2D eigenvalue weighted by Gasteiger charge is -2.18. The molecule has 1 aliphatic rings. The molecule has 1 unspecified atom stereocenters. The van der Waals surface area contributed by atoms with Gasteiger partial charge in [0.1, 0.15) is 0 Å². The van der Waals surface area contributed by atoms with Crippen molar-refractivity contribution in [1.82, 2.24) is 0 Å². The van der Waals surface area contributed by atoms with Crippen LogP contribution in [0.2, 0.25) is 0 Å². The molecule has 8 heavy (non-hydrogen) atoms. The average Bonchev–Trinajstić information content (AvgIpc) is 1.86. The Bertz CT molecular complexity index is 86.4. The first-order valence-electron chi connectivity index (χ1n) is 3.09. The highest BCUT2D eigenvalue weighted by molar-refractivity contribution is 4.87. The second-order valence-electron chi connectivity index (χ2n) is 3.17. The summed E-state index contributed by atoms with van der Waals surface area (Å²) in [6.07, 6.45) is 0. The van der Waals surface area contributed by atoms with E-state index in [0.717, 1.165) is 6.61 Å². The molecule has 1 rings (SSSR count). The van der Waals surface area contributed by atoms with Crippen LogP contribution in [0.1, 0.15) is 20.8 Å². The predicted octanol–water partition coefficient (Wildman–Crippen LogP) is 1.84. The van der Waals surface area contributed by atoms with E-state index in [2.05, 4.69) is 20.8 Å². The molecule has 0 aromatic rings. The summed E-state index contributed by atoms with van der Waals surface area (Å²) < 4.78 is 5.15. The molecule has 0 N–H and O–H groups in total. The van der Waals surface area contributed by atoms with Crippen LogP contribution in [0.3, 0.4) is 0 Å². The van der Waals surface area contributed by atoms with Crippen molar-refractivity contribution in [2.45, 2.75) is 20.8 Å². The predicted molar refractivity (Wildman–Crippen MR) is 33.2 cm³/mol. The molecule has 1 radical (unpaired) electrons. The summed E-state index contributed by atoms with van der Waals surface area (Å²) in [7, 11) is 0. The number of hydrogen-bond donors (Lipinski definition) is 0. The van der Waals surface area contributed by atoms with Crippen LogP contribution in [0.15, 0.2) is 0 Å². The molecule has 1 atom stereocenters. The van der Waals surface area contributed by atoms with Crippen molar-refractivity contribution in [1.29, 1.82) is 0 Å². The Hall–Kier alpha value is -0.0400. The normalized spacial score (nSPS) is 35.6. The molecule has 1 heterocycles. The topological polar surface area (TPSA) is 9.23 Å². The second kappa shape index (κ2) is 1.73. The van der Waals surface area contributed by atoms with Gasteiger partial charge in [0.25, 0.3) is 0 Å². The fourth-order valence-electron chi connectivity index (χ4n) is 0.738. The van der Waals surface area contributed by atoms with Crippen LogP contribution < -0.4 is 0 Å². The van der Waals surface area contributed by atoms with Gasteiger partial charge in [0, 0.05) is 0 Å². The van der Waals surface area contributed by atoms with E-state index in [-0.39, 0.29) is 0 Å². The van der Waals surface area contributed by atoms with E-state index in [1.807, 2.05) is 6.61 Å². The monoisotopic (exact) mass is 113 g/mol. The highest BCUT2D eigenvalue weighted by atomic mass is 16.5. The van der Waals surface area contributed by atoms with E-state index in [4.69, 9.17) is 4.74 Å². The molecule has 1 heteroatoms. The molecule has 47 valence electrons. The zero-order valence-electron chi connectivity index (χ0n) is 5.77. The van der Waals surface area contributed by atoms with Gasteiger partial charge in [-0.3, -0.25) is 0 Å². The van der Waals surface area contributed by atoms with E-state index in [1.54, 1.807) is 0 Å². The molecular weight excluding hydrogens is 100 g/mol. The van der Waals surface area contributed by atoms with Gasteiger partial charge in [-0.25, -0.2) is 0 Å². The lowest BCUT2D eigenvalue weighted by Crippen LogP contribution is -2.15. The van der Waals surface area contributed by atoms with Crippen LogP contribution in [0.4, 0.5) is 0 Å². The van der Waals surface area contributed by atoms with Gasteiger partial charge in [0.15, 0.2) is 0 Å². The van der Waals surface area contributed by atoms with Crippen LogP contribution >= 0.6 is 0 Å². The lowest BCUT2D eigenvalue weighted by atomic mass is 9.84. The Kier molecular flexibility index (Phi) is 1.31. The van der Waals surface area contributed by atoms with Crippen LogP contribution in [-0.2, 0) is 4.74 Å². The van der Waals surface area contributed by atoms with Crippen molar-refractivity contribution in [3.63, 3.8) is 0 Å². The van der Waals surface area contributed by atoms with Gasteiger partial charge in [-0.15, -0.1) is 0 Å². The third-order valence-electron chi connectivity index (χ3n) is 2.00. The summed E-state index contributed by atoms with van der Waals surface area (Å²) in [5, 5.41) is 0. The zero-order chi connectivity index (χ0) is 6.20. The smallest absolute Gasteiger partial charge is 0.0896 e. The van der Waals surface area contributed by atoms with Crippen LogP contribution in [0, 0.1) is 17.9 Å². The molecule has 0 bridgehead atoms. The number of ether oxygens (including phenoxy) is 1. The number of hydrogen-bond acceptors (Lipinski definition) is 1. The van der Waals surface area contributed by atoms with Crippen LogP contribution in [-0.4, -0.2) is 6.61 Å². The minimum atomic E-state index is 0.306. The van der Waals surface area contributed by atoms with E-state index in [1.165, 1.54) is 0 Å². The maximum Gasteiger partial charge on any atom is 0.0896 e. The Labute approximate surface area is 51.0 Å².